The molecule has 1 rings (SSSR count). The molecule has 1 aromatic carbocycles. The van der Waals surface area contributed by atoms with Gasteiger partial charge in [0.15, 0.2) is 0 Å². The van der Waals surface area contributed by atoms with E-state index in [1.807, 2.05) is 12.1 Å². The molecule has 0 aliphatic carbocycles. The third-order valence-electron chi connectivity index (χ3n) is 4.00. The number of nitrogens with zero attached hydrogens (tertiary/aromatic N) is 1. The van der Waals surface area contributed by atoms with Crippen LogP contribution in [0, 0.1) is 5.41 Å². The van der Waals surface area contributed by atoms with Gasteiger partial charge in [-0.2, -0.15) is 0 Å². The van der Waals surface area contributed by atoms with Crippen molar-refractivity contribution < 1.29 is 0 Å². The highest BCUT2D eigenvalue weighted by atomic mass is 35.5. The predicted octanol–water partition coefficient (Wildman–Crippen LogP) is 4.71. The lowest BCUT2D eigenvalue weighted by Crippen LogP contribution is -2.40. The standard InChI is InChI=1S/C17H29ClN2/c1-7-11-19-12-14-9-8-10-15(18)16(14)20(6)13(2)17(3,4)5/h8-10,13,19H,7,11-12H2,1-6H3. The predicted molar refractivity (Wildman–Crippen MR) is 90.8 cm³/mol. The molecule has 0 bridgehead atoms. The van der Waals surface area contributed by atoms with Crippen LogP contribution in [0.5, 0.6) is 0 Å². The molecule has 0 aromatic heterocycles. The Kier molecular flexibility index (Phi) is 6.35. The summed E-state index contributed by atoms with van der Waals surface area (Å²) in [5, 5.41) is 4.30. The minimum absolute atomic E-state index is 0.210. The first-order chi connectivity index (χ1) is 9.29. The molecule has 0 saturated carbocycles. The van der Waals surface area contributed by atoms with E-state index in [-0.39, 0.29) is 5.41 Å². The fraction of sp³-hybridized carbons (Fsp3) is 0.647. The molecule has 0 radical (unpaired) electrons. The Morgan fingerprint density at radius 3 is 2.50 bits per heavy atom. The molecule has 1 aromatic rings. The van der Waals surface area contributed by atoms with E-state index in [2.05, 4.69) is 57.9 Å². The summed E-state index contributed by atoms with van der Waals surface area (Å²) in [4.78, 5) is 2.31. The maximum absolute atomic E-state index is 6.46. The zero-order valence-corrected chi connectivity index (χ0v) is 14.5. The second-order valence-corrected chi connectivity index (χ2v) is 6.98. The van der Waals surface area contributed by atoms with Crippen LogP contribution in [0.15, 0.2) is 18.2 Å². The summed E-state index contributed by atoms with van der Waals surface area (Å²) in [6.07, 6.45) is 1.14. The van der Waals surface area contributed by atoms with Crippen molar-refractivity contribution >= 4 is 17.3 Å². The molecule has 0 heterocycles. The van der Waals surface area contributed by atoms with Crippen molar-refractivity contribution in [1.29, 1.82) is 0 Å². The van der Waals surface area contributed by atoms with Gasteiger partial charge in [0.25, 0.3) is 0 Å². The molecule has 0 aliphatic rings. The number of nitrogens with one attached hydrogen (secondary N) is 1. The van der Waals surface area contributed by atoms with Crippen molar-refractivity contribution in [3.63, 3.8) is 0 Å². The lowest BCUT2D eigenvalue weighted by Gasteiger charge is -2.38. The third-order valence-corrected chi connectivity index (χ3v) is 4.30. The van der Waals surface area contributed by atoms with Crippen molar-refractivity contribution in [1.82, 2.24) is 5.32 Å². The molecule has 3 heteroatoms. The van der Waals surface area contributed by atoms with Crippen LogP contribution in [-0.2, 0) is 6.54 Å². The minimum atomic E-state index is 0.210. The van der Waals surface area contributed by atoms with Gasteiger partial charge < -0.3 is 10.2 Å². The number of anilines is 1. The first kappa shape index (κ1) is 17.3. The van der Waals surface area contributed by atoms with Crippen molar-refractivity contribution in [2.45, 2.75) is 53.6 Å². The summed E-state index contributed by atoms with van der Waals surface area (Å²) in [6, 6.07) is 6.58. The van der Waals surface area contributed by atoms with Crippen LogP contribution in [0.4, 0.5) is 5.69 Å². The van der Waals surface area contributed by atoms with Crippen molar-refractivity contribution in [3.8, 4) is 0 Å². The van der Waals surface area contributed by atoms with E-state index in [9.17, 15) is 0 Å². The maximum Gasteiger partial charge on any atom is 0.0642 e. The lowest BCUT2D eigenvalue weighted by molar-refractivity contribution is 0.329. The largest absolute Gasteiger partial charge is 0.370 e. The number of para-hydroxylation sites is 1. The highest BCUT2D eigenvalue weighted by Crippen LogP contribution is 2.34. The van der Waals surface area contributed by atoms with Crippen LogP contribution < -0.4 is 10.2 Å². The second-order valence-electron chi connectivity index (χ2n) is 6.58. The molecule has 1 N–H and O–H groups in total. The van der Waals surface area contributed by atoms with Crippen molar-refractivity contribution in [3.05, 3.63) is 28.8 Å². The Bertz CT molecular complexity index is 423. The highest BCUT2D eigenvalue weighted by Gasteiger charge is 2.26. The van der Waals surface area contributed by atoms with E-state index >= 15 is 0 Å². The minimum Gasteiger partial charge on any atom is -0.370 e. The van der Waals surface area contributed by atoms with Gasteiger partial charge in [0, 0.05) is 19.6 Å². The lowest BCUT2D eigenvalue weighted by atomic mass is 9.86. The SMILES string of the molecule is CCCNCc1cccc(Cl)c1N(C)C(C)C(C)(C)C. The zero-order valence-electron chi connectivity index (χ0n) is 13.8. The third kappa shape index (κ3) is 4.39. The summed E-state index contributed by atoms with van der Waals surface area (Å²) < 4.78 is 0. The summed E-state index contributed by atoms with van der Waals surface area (Å²) in [7, 11) is 2.14. The Hall–Kier alpha value is -0.730. The summed E-state index contributed by atoms with van der Waals surface area (Å²) in [5.41, 5.74) is 2.63. The maximum atomic E-state index is 6.46. The Labute approximate surface area is 129 Å². The smallest absolute Gasteiger partial charge is 0.0642 e. The van der Waals surface area contributed by atoms with Crippen molar-refractivity contribution in [2.24, 2.45) is 5.41 Å². The van der Waals surface area contributed by atoms with Gasteiger partial charge in [-0.25, -0.2) is 0 Å². The van der Waals surface area contributed by atoms with Gasteiger partial charge in [0.05, 0.1) is 10.7 Å². The topological polar surface area (TPSA) is 15.3 Å². The molecule has 114 valence electrons. The molecule has 0 fully saturated rings. The van der Waals surface area contributed by atoms with E-state index in [0.29, 0.717) is 6.04 Å². The highest BCUT2D eigenvalue weighted by molar-refractivity contribution is 6.33. The second kappa shape index (κ2) is 7.33. The quantitative estimate of drug-likeness (QED) is 0.765. The summed E-state index contributed by atoms with van der Waals surface area (Å²) in [6.45, 7) is 13.1. The summed E-state index contributed by atoms with van der Waals surface area (Å²) >= 11 is 6.46. The van der Waals surface area contributed by atoms with Crippen LogP contribution in [-0.4, -0.2) is 19.6 Å². The number of hydrogen-bond donors (Lipinski definition) is 1. The Morgan fingerprint density at radius 1 is 1.30 bits per heavy atom. The van der Waals surface area contributed by atoms with Crippen LogP contribution in [0.25, 0.3) is 0 Å². The normalized spacial score (nSPS) is 13.3. The van der Waals surface area contributed by atoms with E-state index in [0.717, 1.165) is 30.2 Å². The van der Waals surface area contributed by atoms with Gasteiger partial charge >= 0.3 is 0 Å². The number of benzene rings is 1. The van der Waals surface area contributed by atoms with Gasteiger partial charge in [-0.3, -0.25) is 0 Å². The molecule has 1 unspecified atom stereocenters. The Balaban J connectivity index is 3.02. The summed E-state index contributed by atoms with van der Waals surface area (Å²) in [5.74, 6) is 0. The van der Waals surface area contributed by atoms with Crippen LogP contribution in [0.3, 0.4) is 0 Å². The number of hydrogen-bond acceptors (Lipinski definition) is 2. The van der Waals surface area contributed by atoms with Gasteiger partial charge in [0.2, 0.25) is 0 Å². The van der Waals surface area contributed by atoms with Gasteiger partial charge in [0.1, 0.15) is 0 Å². The van der Waals surface area contributed by atoms with Crippen LogP contribution in [0.2, 0.25) is 5.02 Å². The first-order valence-corrected chi connectivity index (χ1v) is 7.87. The van der Waals surface area contributed by atoms with Crippen LogP contribution in [0.1, 0.15) is 46.6 Å². The molecule has 20 heavy (non-hydrogen) atoms. The zero-order chi connectivity index (χ0) is 15.3. The number of rotatable bonds is 6. The monoisotopic (exact) mass is 296 g/mol. The molecule has 1 atom stereocenters. The fourth-order valence-corrected chi connectivity index (χ4v) is 2.60. The van der Waals surface area contributed by atoms with Crippen molar-refractivity contribution in [2.75, 3.05) is 18.5 Å². The molecule has 0 aliphatic heterocycles. The van der Waals surface area contributed by atoms with Gasteiger partial charge in [-0.15, -0.1) is 0 Å². The molecule has 0 amide bonds. The molecular formula is C17H29ClN2. The van der Waals surface area contributed by atoms with E-state index in [4.69, 9.17) is 11.6 Å². The first-order valence-electron chi connectivity index (χ1n) is 7.50. The van der Waals surface area contributed by atoms with Gasteiger partial charge in [-0.05, 0) is 36.9 Å². The van der Waals surface area contributed by atoms with E-state index in [1.165, 1.54) is 5.56 Å². The van der Waals surface area contributed by atoms with Crippen LogP contribution >= 0.6 is 11.6 Å². The fourth-order valence-electron chi connectivity index (χ4n) is 2.27. The Morgan fingerprint density at radius 2 is 1.95 bits per heavy atom. The average molecular weight is 297 g/mol. The number of halogens is 1. The molecular weight excluding hydrogens is 268 g/mol. The molecule has 0 saturated heterocycles. The van der Waals surface area contributed by atoms with E-state index < -0.39 is 0 Å². The molecule has 0 spiro atoms. The van der Waals surface area contributed by atoms with Gasteiger partial charge in [-0.1, -0.05) is 51.4 Å². The van der Waals surface area contributed by atoms with E-state index in [1.54, 1.807) is 0 Å². The molecule has 2 nitrogen and oxygen atoms in total. The average Bonchev–Trinajstić information content (AvgIpc) is 2.36.